The number of hydrogen-bond acceptors (Lipinski definition) is 3. The lowest BCUT2D eigenvalue weighted by atomic mass is 10.1. The Morgan fingerprint density at radius 1 is 1.22 bits per heavy atom. The number of benzene rings is 1. The number of nitrogens with one attached hydrogen (secondary N) is 1. The van der Waals surface area contributed by atoms with Crippen LogP contribution in [-0.4, -0.2) is 25.7 Å². The molecule has 0 aliphatic carbocycles. The van der Waals surface area contributed by atoms with E-state index >= 15 is 0 Å². The third-order valence-electron chi connectivity index (χ3n) is 3.52. The topological polar surface area (TPSA) is 47.6 Å². The predicted octanol–water partition coefficient (Wildman–Crippen LogP) is 4.05. The first-order chi connectivity index (χ1) is 11.0. The van der Waals surface area contributed by atoms with Gasteiger partial charge in [-0.1, -0.05) is 33.8 Å². The summed E-state index contributed by atoms with van der Waals surface area (Å²) >= 11 is 0. The molecule has 0 aromatic heterocycles. The molecule has 0 spiro atoms. The Bertz CT molecular complexity index is 519. The Morgan fingerprint density at radius 2 is 1.91 bits per heavy atom. The average Bonchev–Trinajstić information content (AvgIpc) is 2.56. The number of rotatable bonds is 9. The fourth-order valence-electron chi connectivity index (χ4n) is 2.08. The van der Waals surface area contributed by atoms with Crippen LogP contribution in [0.3, 0.4) is 0 Å². The van der Waals surface area contributed by atoms with Crippen molar-refractivity contribution in [3.63, 3.8) is 0 Å². The van der Waals surface area contributed by atoms with Gasteiger partial charge in [-0.3, -0.25) is 4.79 Å². The van der Waals surface area contributed by atoms with Crippen molar-refractivity contribution in [2.24, 2.45) is 5.92 Å². The van der Waals surface area contributed by atoms with E-state index in [2.05, 4.69) is 33.0 Å². The molecule has 1 aromatic rings. The maximum absolute atomic E-state index is 11.9. The Kier molecular flexibility index (Phi) is 8.23. The Labute approximate surface area is 139 Å². The van der Waals surface area contributed by atoms with Crippen molar-refractivity contribution in [1.82, 2.24) is 5.32 Å². The molecule has 0 unspecified atom stereocenters. The average molecular weight is 319 g/mol. The fourth-order valence-corrected chi connectivity index (χ4v) is 2.08. The fraction of sp³-hybridized carbons (Fsp3) is 0.526. The molecule has 4 nitrogen and oxygen atoms in total. The minimum absolute atomic E-state index is 0.0715. The van der Waals surface area contributed by atoms with E-state index in [0.717, 1.165) is 24.2 Å². The molecule has 0 fully saturated rings. The van der Waals surface area contributed by atoms with Crippen LogP contribution < -0.4 is 14.8 Å². The van der Waals surface area contributed by atoms with Gasteiger partial charge in [0.05, 0.1) is 13.7 Å². The summed E-state index contributed by atoms with van der Waals surface area (Å²) in [5.41, 5.74) is 0.901. The minimum atomic E-state index is -0.0715. The van der Waals surface area contributed by atoms with Crippen LogP contribution in [-0.2, 0) is 4.79 Å². The number of hydrogen-bond donors (Lipinski definition) is 1. The summed E-state index contributed by atoms with van der Waals surface area (Å²) in [5, 5.41) is 2.98. The molecule has 1 N–H and O–H groups in total. The van der Waals surface area contributed by atoms with Gasteiger partial charge in [-0.05, 0) is 42.5 Å². The van der Waals surface area contributed by atoms with Gasteiger partial charge in [0.25, 0.3) is 0 Å². The maximum Gasteiger partial charge on any atom is 0.244 e. The molecule has 23 heavy (non-hydrogen) atoms. The van der Waals surface area contributed by atoms with Gasteiger partial charge in [-0.15, -0.1) is 0 Å². The number of carbonyl (C=O) groups excluding carboxylic acids is 1. The zero-order valence-corrected chi connectivity index (χ0v) is 14.9. The summed E-state index contributed by atoms with van der Waals surface area (Å²) in [7, 11) is 1.62. The van der Waals surface area contributed by atoms with E-state index in [-0.39, 0.29) is 11.9 Å². The van der Waals surface area contributed by atoms with E-state index in [1.165, 1.54) is 0 Å². The van der Waals surface area contributed by atoms with Gasteiger partial charge in [0.2, 0.25) is 5.91 Å². The van der Waals surface area contributed by atoms with Gasteiger partial charge in [0.1, 0.15) is 0 Å². The second-order valence-electron chi connectivity index (χ2n) is 5.97. The molecule has 0 bridgehead atoms. The molecule has 0 aliphatic heterocycles. The van der Waals surface area contributed by atoms with Crippen molar-refractivity contribution >= 4 is 12.0 Å². The molecule has 0 aliphatic rings. The molecule has 4 heteroatoms. The molecule has 1 amide bonds. The van der Waals surface area contributed by atoms with Gasteiger partial charge < -0.3 is 14.8 Å². The number of amides is 1. The highest BCUT2D eigenvalue weighted by molar-refractivity contribution is 5.92. The monoisotopic (exact) mass is 319 g/mol. The predicted molar refractivity (Wildman–Crippen MR) is 94.9 cm³/mol. The van der Waals surface area contributed by atoms with E-state index < -0.39 is 0 Å². The first-order valence-electron chi connectivity index (χ1n) is 8.29. The molecule has 0 saturated carbocycles. The van der Waals surface area contributed by atoms with E-state index in [9.17, 15) is 4.79 Å². The van der Waals surface area contributed by atoms with Gasteiger partial charge >= 0.3 is 0 Å². The Morgan fingerprint density at radius 3 is 2.48 bits per heavy atom. The maximum atomic E-state index is 11.9. The Hall–Kier alpha value is -1.97. The van der Waals surface area contributed by atoms with Crippen molar-refractivity contribution in [1.29, 1.82) is 0 Å². The van der Waals surface area contributed by atoms with Crippen molar-refractivity contribution in [2.45, 2.75) is 46.6 Å². The molecular formula is C19H29NO3. The van der Waals surface area contributed by atoms with Crippen molar-refractivity contribution in [3.05, 3.63) is 29.8 Å². The Balaban J connectivity index is 2.73. The third-order valence-corrected chi connectivity index (χ3v) is 3.52. The normalized spacial score (nSPS) is 11.3. The van der Waals surface area contributed by atoms with Crippen LogP contribution in [0.25, 0.3) is 6.08 Å². The first-order valence-corrected chi connectivity index (χ1v) is 8.29. The lowest BCUT2D eigenvalue weighted by Gasteiger charge is -2.13. The van der Waals surface area contributed by atoms with Crippen LogP contribution in [0.4, 0.5) is 0 Å². The van der Waals surface area contributed by atoms with Gasteiger partial charge in [0, 0.05) is 12.1 Å². The summed E-state index contributed by atoms with van der Waals surface area (Å²) in [6, 6.07) is 5.89. The lowest BCUT2D eigenvalue weighted by Crippen LogP contribution is -2.32. The van der Waals surface area contributed by atoms with Crippen molar-refractivity contribution < 1.29 is 14.3 Å². The highest BCUT2D eigenvalue weighted by atomic mass is 16.5. The van der Waals surface area contributed by atoms with Crippen molar-refractivity contribution in [3.8, 4) is 11.5 Å². The van der Waals surface area contributed by atoms with Crippen LogP contribution in [0.5, 0.6) is 11.5 Å². The molecule has 0 radical (unpaired) electrons. The largest absolute Gasteiger partial charge is 0.493 e. The van der Waals surface area contributed by atoms with Gasteiger partial charge in [-0.2, -0.15) is 0 Å². The van der Waals surface area contributed by atoms with E-state index in [1.54, 1.807) is 19.3 Å². The van der Waals surface area contributed by atoms with E-state index in [1.807, 2.05) is 18.2 Å². The molecule has 0 atom stereocenters. The number of methoxy groups -OCH3 is 1. The van der Waals surface area contributed by atoms with Crippen LogP contribution in [0.1, 0.15) is 46.1 Å². The molecular weight excluding hydrogens is 290 g/mol. The van der Waals surface area contributed by atoms with Crippen molar-refractivity contribution in [2.75, 3.05) is 13.7 Å². The number of carbonyl (C=O) groups is 1. The van der Waals surface area contributed by atoms with Crippen LogP contribution >= 0.6 is 0 Å². The standard InChI is InChI=1S/C19H29NO3/c1-6-16(7-2)20-19(21)11-9-15-8-10-17(18(12-15)22-5)23-13-14(3)4/h8-12,14,16H,6-7,13H2,1-5H3,(H,20,21)/b11-9+. The van der Waals surface area contributed by atoms with Gasteiger partial charge in [0.15, 0.2) is 11.5 Å². The minimum Gasteiger partial charge on any atom is -0.493 e. The molecule has 1 rings (SSSR count). The first kappa shape index (κ1) is 19.1. The summed E-state index contributed by atoms with van der Waals surface area (Å²) in [6.45, 7) is 8.98. The lowest BCUT2D eigenvalue weighted by molar-refractivity contribution is -0.117. The second kappa shape index (κ2) is 9.93. The zero-order chi connectivity index (χ0) is 17.2. The third kappa shape index (κ3) is 6.76. The summed E-state index contributed by atoms with van der Waals surface area (Å²) in [6.07, 6.45) is 5.21. The molecule has 0 heterocycles. The molecule has 0 saturated heterocycles. The summed E-state index contributed by atoms with van der Waals surface area (Å²) < 4.78 is 11.1. The summed E-state index contributed by atoms with van der Waals surface area (Å²) in [4.78, 5) is 11.9. The quantitative estimate of drug-likeness (QED) is 0.699. The van der Waals surface area contributed by atoms with E-state index in [0.29, 0.717) is 18.3 Å². The highest BCUT2D eigenvalue weighted by Crippen LogP contribution is 2.28. The van der Waals surface area contributed by atoms with Crippen LogP contribution in [0.2, 0.25) is 0 Å². The molecule has 1 aromatic carbocycles. The summed E-state index contributed by atoms with van der Waals surface area (Å²) in [5.74, 6) is 1.78. The zero-order valence-electron chi connectivity index (χ0n) is 14.9. The number of ether oxygens (including phenoxy) is 2. The highest BCUT2D eigenvalue weighted by Gasteiger charge is 2.07. The van der Waals surface area contributed by atoms with E-state index in [4.69, 9.17) is 9.47 Å². The van der Waals surface area contributed by atoms with Gasteiger partial charge in [-0.25, -0.2) is 0 Å². The van der Waals surface area contributed by atoms with Crippen LogP contribution in [0.15, 0.2) is 24.3 Å². The SMILES string of the molecule is CCC(CC)NC(=O)/C=C/c1ccc(OCC(C)C)c(OC)c1. The smallest absolute Gasteiger partial charge is 0.244 e. The van der Waals surface area contributed by atoms with Crippen LogP contribution in [0, 0.1) is 5.92 Å². The second-order valence-corrected chi connectivity index (χ2v) is 5.97. The molecule has 128 valence electrons.